The van der Waals surface area contributed by atoms with Crippen molar-refractivity contribution in [3.8, 4) is 0 Å². The average Bonchev–Trinajstić information content (AvgIpc) is 3.26. The van der Waals surface area contributed by atoms with Crippen LogP contribution in [0.2, 0.25) is 0 Å². The van der Waals surface area contributed by atoms with E-state index in [1.54, 1.807) is 47.4 Å². The van der Waals surface area contributed by atoms with E-state index in [4.69, 9.17) is 4.74 Å². The molecule has 0 unspecified atom stereocenters. The van der Waals surface area contributed by atoms with Gasteiger partial charge in [0, 0.05) is 58.5 Å². The van der Waals surface area contributed by atoms with Crippen molar-refractivity contribution < 1.29 is 19.1 Å². The minimum absolute atomic E-state index is 0.0786. The van der Waals surface area contributed by atoms with Gasteiger partial charge in [0.2, 0.25) is 0 Å². The number of H-pyrrole nitrogens is 1. The Morgan fingerprint density at radius 3 is 2.38 bits per heavy atom. The highest BCUT2D eigenvalue weighted by Gasteiger charge is 2.25. The number of anilines is 1. The van der Waals surface area contributed by atoms with Crippen LogP contribution in [-0.4, -0.2) is 41.3 Å². The first-order valence-corrected chi connectivity index (χ1v) is 11.0. The van der Waals surface area contributed by atoms with Gasteiger partial charge in [-0.1, -0.05) is 18.2 Å². The molecule has 7 nitrogen and oxygen atoms in total. The summed E-state index contributed by atoms with van der Waals surface area (Å²) in [5.74, 6) is -0.668. The number of amides is 2. The van der Waals surface area contributed by atoms with Crippen LogP contribution in [0.5, 0.6) is 0 Å². The van der Waals surface area contributed by atoms with Crippen LogP contribution in [0.15, 0.2) is 72.8 Å². The molecular formula is C27H23N3O4. The lowest BCUT2D eigenvalue weighted by Gasteiger charge is -2.27. The second-order valence-electron chi connectivity index (χ2n) is 8.21. The van der Waals surface area contributed by atoms with Crippen molar-refractivity contribution in [2.24, 2.45) is 0 Å². The van der Waals surface area contributed by atoms with Gasteiger partial charge >= 0.3 is 5.97 Å². The van der Waals surface area contributed by atoms with E-state index in [0.717, 1.165) is 22.2 Å². The average molecular weight is 453 g/mol. The second kappa shape index (κ2) is 8.86. The minimum Gasteiger partial charge on any atom is -0.465 e. The Labute approximate surface area is 196 Å². The normalized spacial score (nSPS) is 12.8. The van der Waals surface area contributed by atoms with Crippen molar-refractivity contribution >= 4 is 34.4 Å². The summed E-state index contributed by atoms with van der Waals surface area (Å²) >= 11 is 0. The summed E-state index contributed by atoms with van der Waals surface area (Å²) in [6.45, 7) is 1.04. The highest BCUT2D eigenvalue weighted by Crippen LogP contribution is 2.29. The molecule has 0 aliphatic carbocycles. The first-order chi connectivity index (χ1) is 16.5. The highest BCUT2D eigenvalue weighted by molar-refractivity contribution is 6.04. The predicted molar refractivity (Wildman–Crippen MR) is 129 cm³/mol. The monoisotopic (exact) mass is 453 g/mol. The van der Waals surface area contributed by atoms with E-state index in [1.165, 1.54) is 7.11 Å². The van der Waals surface area contributed by atoms with Gasteiger partial charge in [-0.15, -0.1) is 0 Å². The molecule has 34 heavy (non-hydrogen) atoms. The van der Waals surface area contributed by atoms with Gasteiger partial charge in [0.05, 0.1) is 12.7 Å². The molecule has 0 bridgehead atoms. The number of esters is 1. The summed E-state index contributed by atoms with van der Waals surface area (Å²) in [6.07, 6.45) is 0.703. The van der Waals surface area contributed by atoms with E-state index < -0.39 is 0 Å². The van der Waals surface area contributed by atoms with Crippen LogP contribution in [0.4, 0.5) is 5.69 Å². The standard InChI is InChI=1S/C27H23N3O4/c1-34-27(33)19-9-12-23-21(15-19)22-16-30(14-13-24(22)29-23)26(32)18-7-10-20(11-8-18)28-25(31)17-5-3-2-4-6-17/h2-12,15,29H,13-14,16H2,1H3,(H,28,31). The molecule has 4 aromatic rings. The molecule has 2 amide bonds. The topological polar surface area (TPSA) is 91.5 Å². The summed E-state index contributed by atoms with van der Waals surface area (Å²) in [7, 11) is 1.36. The van der Waals surface area contributed by atoms with Crippen LogP contribution < -0.4 is 5.32 Å². The number of ether oxygens (including phenoxy) is 1. The Morgan fingerprint density at radius 2 is 1.65 bits per heavy atom. The molecule has 2 heterocycles. The molecule has 0 saturated heterocycles. The van der Waals surface area contributed by atoms with Gasteiger partial charge in [0.15, 0.2) is 0 Å². The van der Waals surface area contributed by atoms with Crippen molar-refractivity contribution in [2.75, 3.05) is 19.0 Å². The van der Waals surface area contributed by atoms with Crippen LogP contribution >= 0.6 is 0 Å². The smallest absolute Gasteiger partial charge is 0.337 e. The molecule has 0 fully saturated rings. The lowest BCUT2D eigenvalue weighted by atomic mass is 10.0. The van der Waals surface area contributed by atoms with Crippen LogP contribution in [0.3, 0.4) is 0 Å². The molecule has 1 aromatic heterocycles. The highest BCUT2D eigenvalue weighted by atomic mass is 16.5. The molecule has 170 valence electrons. The zero-order valence-corrected chi connectivity index (χ0v) is 18.6. The van der Waals surface area contributed by atoms with Crippen molar-refractivity contribution in [3.63, 3.8) is 0 Å². The number of carbonyl (C=O) groups is 3. The molecule has 2 N–H and O–H groups in total. The Bertz CT molecular complexity index is 1390. The number of aromatic nitrogens is 1. The number of methoxy groups -OCH3 is 1. The Kier molecular flexibility index (Phi) is 5.59. The third kappa shape index (κ3) is 4.03. The van der Waals surface area contributed by atoms with Crippen molar-refractivity contribution in [3.05, 3.63) is 101 Å². The fraction of sp³-hybridized carbons (Fsp3) is 0.148. The van der Waals surface area contributed by atoms with E-state index in [1.807, 2.05) is 30.3 Å². The number of hydrogen-bond acceptors (Lipinski definition) is 4. The number of nitrogens with one attached hydrogen (secondary N) is 2. The second-order valence-corrected chi connectivity index (χ2v) is 8.21. The zero-order chi connectivity index (χ0) is 23.7. The number of benzene rings is 3. The van der Waals surface area contributed by atoms with Crippen molar-refractivity contribution in [1.29, 1.82) is 0 Å². The van der Waals surface area contributed by atoms with Crippen molar-refractivity contribution in [1.82, 2.24) is 9.88 Å². The van der Waals surface area contributed by atoms with Crippen LogP contribution in [0.1, 0.15) is 42.3 Å². The first kappa shape index (κ1) is 21.5. The number of hydrogen-bond donors (Lipinski definition) is 2. The van der Waals surface area contributed by atoms with Gasteiger partial charge in [-0.3, -0.25) is 9.59 Å². The van der Waals surface area contributed by atoms with Gasteiger partial charge in [-0.25, -0.2) is 4.79 Å². The molecule has 0 radical (unpaired) electrons. The van der Waals surface area contributed by atoms with Gasteiger partial charge in [0.1, 0.15) is 0 Å². The molecule has 0 saturated carbocycles. The van der Waals surface area contributed by atoms with Gasteiger partial charge < -0.3 is 19.9 Å². The van der Waals surface area contributed by atoms with E-state index in [9.17, 15) is 14.4 Å². The number of carbonyl (C=O) groups excluding carboxylic acids is 3. The summed E-state index contributed by atoms with van der Waals surface area (Å²) in [6, 6.07) is 21.3. The number of fused-ring (bicyclic) bond motifs is 3. The largest absolute Gasteiger partial charge is 0.465 e. The summed E-state index contributed by atoms with van der Waals surface area (Å²) < 4.78 is 4.84. The van der Waals surface area contributed by atoms with Gasteiger partial charge in [-0.2, -0.15) is 0 Å². The minimum atomic E-state index is -0.389. The Morgan fingerprint density at radius 1 is 0.912 bits per heavy atom. The maximum absolute atomic E-state index is 13.2. The van der Waals surface area contributed by atoms with Crippen LogP contribution in [-0.2, 0) is 17.7 Å². The summed E-state index contributed by atoms with van der Waals surface area (Å²) in [5, 5.41) is 3.77. The van der Waals surface area contributed by atoms with Gasteiger partial charge in [-0.05, 0) is 54.6 Å². The maximum atomic E-state index is 13.2. The van der Waals surface area contributed by atoms with Crippen molar-refractivity contribution in [2.45, 2.75) is 13.0 Å². The number of aromatic amines is 1. The van der Waals surface area contributed by atoms with E-state index in [0.29, 0.717) is 41.9 Å². The molecule has 0 atom stereocenters. The molecular weight excluding hydrogens is 430 g/mol. The SMILES string of the molecule is COC(=O)c1ccc2[nH]c3c(c2c1)CN(C(=O)c1ccc(NC(=O)c2ccccc2)cc1)CC3. The number of rotatable bonds is 4. The van der Waals surface area contributed by atoms with Crippen LogP contribution in [0, 0.1) is 0 Å². The first-order valence-electron chi connectivity index (χ1n) is 11.0. The molecule has 7 heteroatoms. The van der Waals surface area contributed by atoms with E-state index in [2.05, 4.69) is 10.3 Å². The third-order valence-corrected chi connectivity index (χ3v) is 6.11. The molecule has 1 aliphatic heterocycles. The molecule has 5 rings (SSSR count). The lowest BCUT2D eigenvalue weighted by molar-refractivity contribution is 0.0600. The Hall–Kier alpha value is -4.39. The molecule has 1 aliphatic rings. The lowest BCUT2D eigenvalue weighted by Crippen LogP contribution is -2.35. The number of nitrogens with zero attached hydrogens (tertiary/aromatic N) is 1. The van der Waals surface area contributed by atoms with Crippen LogP contribution in [0.25, 0.3) is 10.9 Å². The van der Waals surface area contributed by atoms with Gasteiger partial charge in [0.25, 0.3) is 11.8 Å². The van der Waals surface area contributed by atoms with E-state index >= 15 is 0 Å². The summed E-state index contributed by atoms with van der Waals surface area (Å²) in [4.78, 5) is 42.7. The predicted octanol–water partition coefficient (Wildman–Crippen LogP) is 4.41. The fourth-order valence-electron chi connectivity index (χ4n) is 4.30. The summed E-state index contributed by atoms with van der Waals surface area (Å²) in [5.41, 5.74) is 5.27. The quantitative estimate of drug-likeness (QED) is 0.448. The zero-order valence-electron chi connectivity index (χ0n) is 18.6. The molecule has 0 spiro atoms. The van der Waals surface area contributed by atoms with E-state index in [-0.39, 0.29) is 17.8 Å². The molecule has 3 aromatic carbocycles. The third-order valence-electron chi connectivity index (χ3n) is 6.11. The Balaban J connectivity index is 1.32. The fourth-order valence-corrected chi connectivity index (χ4v) is 4.30. The maximum Gasteiger partial charge on any atom is 0.337 e.